The molecule has 1 unspecified atom stereocenters. The van der Waals surface area contributed by atoms with Crippen LogP contribution >= 0.6 is 11.3 Å². The summed E-state index contributed by atoms with van der Waals surface area (Å²) in [5.41, 5.74) is 2.46. The van der Waals surface area contributed by atoms with E-state index >= 15 is 0 Å². The maximum Gasteiger partial charge on any atom is 0.0634 e. The van der Waals surface area contributed by atoms with Crippen LogP contribution in [0.1, 0.15) is 23.8 Å². The minimum atomic E-state index is 0.484. The molecule has 100 valence electrons. The largest absolute Gasteiger partial charge is 0.378 e. The van der Waals surface area contributed by atoms with Gasteiger partial charge in [0.1, 0.15) is 0 Å². The number of hydrogen-bond donors (Lipinski definition) is 1. The Morgan fingerprint density at radius 3 is 2.68 bits per heavy atom. The van der Waals surface area contributed by atoms with Crippen LogP contribution in [0.4, 0.5) is 11.4 Å². The van der Waals surface area contributed by atoms with Gasteiger partial charge in [0.25, 0.3) is 0 Å². The number of thiophene rings is 1. The second kappa shape index (κ2) is 5.25. The van der Waals surface area contributed by atoms with Crippen LogP contribution in [0.25, 0.3) is 0 Å². The van der Waals surface area contributed by atoms with Gasteiger partial charge >= 0.3 is 0 Å². The highest BCUT2D eigenvalue weighted by atomic mass is 32.1. The molecule has 1 aliphatic rings. The minimum Gasteiger partial charge on any atom is -0.378 e. The molecule has 1 saturated carbocycles. The van der Waals surface area contributed by atoms with Gasteiger partial charge in [-0.25, -0.2) is 0 Å². The number of anilines is 2. The molecule has 3 heteroatoms. The number of rotatable bonds is 5. The molecule has 2 aromatic rings. The predicted molar refractivity (Wildman–Crippen MR) is 84.2 cm³/mol. The summed E-state index contributed by atoms with van der Waals surface area (Å²) in [5.74, 6) is 0.807. The van der Waals surface area contributed by atoms with Crippen LogP contribution in [0.15, 0.2) is 41.8 Å². The average molecular weight is 272 g/mol. The van der Waals surface area contributed by atoms with Crippen molar-refractivity contribution in [1.29, 1.82) is 0 Å². The van der Waals surface area contributed by atoms with Crippen LogP contribution in [-0.2, 0) is 0 Å². The van der Waals surface area contributed by atoms with Gasteiger partial charge in [-0.05, 0) is 48.4 Å². The zero-order valence-corrected chi connectivity index (χ0v) is 12.3. The van der Waals surface area contributed by atoms with Crippen molar-refractivity contribution >= 4 is 22.7 Å². The highest BCUT2D eigenvalue weighted by Crippen LogP contribution is 2.44. The van der Waals surface area contributed by atoms with Gasteiger partial charge in [0.2, 0.25) is 0 Å². The Morgan fingerprint density at radius 1 is 1.21 bits per heavy atom. The molecule has 3 rings (SSSR count). The summed E-state index contributed by atoms with van der Waals surface area (Å²) in [7, 11) is 4.16. The van der Waals surface area contributed by atoms with E-state index in [9.17, 15) is 0 Å². The summed E-state index contributed by atoms with van der Waals surface area (Å²) in [6, 6.07) is 13.5. The van der Waals surface area contributed by atoms with E-state index in [0.717, 1.165) is 5.92 Å². The van der Waals surface area contributed by atoms with Gasteiger partial charge in [-0.2, -0.15) is 0 Å². The predicted octanol–water partition coefficient (Wildman–Crippen LogP) is 4.38. The number of hydrogen-bond acceptors (Lipinski definition) is 3. The van der Waals surface area contributed by atoms with E-state index in [1.54, 1.807) is 0 Å². The Kier molecular flexibility index (Phi) is 3.47. The van der Waals surface area contributed by atoms with Crippen LogP contribution in [0.3, 0.4) is 0 Å². The summed E-state index contributed by atoms with van der Waals surface area (Å²) in [5, 5.41) is 5.89. The summed E-state index contributed by atoms with van der Waals surface area (Å²) in [6.45, 7) is 0. The molecule has 0 bridgehead atoms. The van der Waals surface area contributed by atoms with Crippen LogP contribution in [0.5, 0.6) is 0 Å². The van der Waals surface area contributed by atoms with E-state index in [2.05, 4.69) is 66.1 Å². The fourth-order valence-electron chi connectivity index (χ4n) is 2.37. The fourth-order valence-corrected chi connectivity index (χ4v) is 3.24. The molecule has 1 heterocycles. The van der Waals surface area contributed by atoms with Crippen molar-refractivity contribution in [3.8, 4) is 0 Å². The van der Waals surface area contributed by atoms with Gasteiger partial charge in [0.05, 0.1) is 6.04 Å². The lowest BCUT2D eigenvalue weighted by Gasteiger charge is -2.20. The highest BCUT2D eigenvalue weighted by molar-refractivity contribution is 7.10. The Balaban J connectivity index is 1.80. The lowest BCUT2D eigenvalue weighted by molar-refractivity contribution is 0.691. The molecule has 0 radical (unpaired) electrons. The molecule has 2 nitrogen and oxygen atoms in total. The van der Waals surface area contributed by atoms with Crippen LogP contribution in [0, 0.1) is 5.92 Å². The Bertz CT molecular complexity index is 529. The lowest BCUT2D eigenvalue weighted by atomic mass is 10.1. The molecular formula is C16H20N2S. The van der Waals surface area contributed by atoms with Gasteiger partial charge in [-0.1, -0.05) is 12.1 Å². The summed E-state index contributed by atoms with van der Waals surface area (Å²) >= 11 is 1.86. The maximum atomic E-state index is 3.72. The molecule has 19 heavy (non-hydrogen) atoms. The monoisotopic (exact) mass is 272 g/mol. The third-order valence-electron chi connectivity index (χ3n) is 3.63. The van der Waals surface area contributed by atoms with Crippen molar-refractivity contribution in [3.63, 3.8) is 0 Å². The summed E-state index contributed by atoms with van der Waals surface area (Å²) < 4.78 is 0. The Labute approximate surface area is 119 Å². The van der Waals surface area contributed by atoms with E-state index in [1.165, 1.54) is 29.1 Å². The minimum absolute atomic E-state index is 0.484. The van der Waals surface area contributed by atoms with Crippen LogP contribution in [-0.4, -0.2) is 14.1 Å². The van der Waals surface area contributed by atoms with Gasteiger partial charge in [0, 0.05) is 30.3 Å². The van der Waals surface area contributed by atoms with Gasteiger partial charge in [0.15, 0.2) is 0 Å². The third-order valence-corrected chi connectivity index (χ3v) is 4.58. The van der Waals surface area contributed by atoms with Crippen molar-refractivity contribution in [3.05, 3.63) is 46.7 Å². The van der Waals surface area contributed by atoms with Crippen LogP contribution < -0.4 is 10.2 Å². The Morgan fingerprint density at radius 2 is 2.05 bits per heavy atom. The van der Waals surface area contributed by atoms with Crippen molar-refractivity contribution < 1.29 is 0 Å². The first-order valence-corrected chi connectivity index (χ1v) is 7.69. The molecule has 0 amide bonds. The molecule has 0 aliphatic heterocycles. The van der Waals surface area contributed by atoms with Crippen molar-refractivity contribution in [2.75, 3.05) is 24.3 Å². The van der Waals surface area contributed by atoms with E-state index < -0.39 is 0 Å². The first-order chi connectivity index (χ1) is 9.24. The smallest absolute Gasteiger partial charge is 0.0634 e. The van der Waals surface area contributed by atoms with Crippen molar-refractivity contribution in [1.82, 2.24) is 0 Å². The standard InChI is InChI=1S/C16H20N2S/c1-18(2)14-6-3-5-13(11-14)17-16(12-8-9-12)15-7-4-10-19-15/h3-7,10-12,16-17H,8-9H2,1-2H3. The number of nitrogens with one attached hydrogen (secondary N) is 1. The molecule has 1 aliphatic carbocycles. The van der Waals surface area contributed by atoms with E-state index in [0.29, 0.717) is 6.04 Å². The molecule has 1 aromatic heterocycles. The van der Waals surface area contributed by atoms with E-state index in [1.807, 2.05) is 11.3 Å². The van der Waals surface area contributed by atoms with E-state index in [-0.39, 0.29) is 0 Å². The first kappa shape index (κ1) is 12.5. The fraction of sp³-hybridized carbons (Fsp3) is 0.375. The van der Waals surface area contributed by atoms with E-state index in [4.69, 9.17) is 0 Å². The molecule has 0 spiro atoms. The normalized spacial score (nSPS) is 16.1. The van der Waals surface area contributed by atoms with Gasteiger partial charge in [-0.3, -0.25) is 0 Å². The topological polar surface area (TPSA) is 15.3 Å². The van der Waals surface area contributed by atoms with Gasteiger partial charge < -0.3 is 10.2 Å². The Hall–Kier alpha value is -1.48. The third kappa shape index (κ3) is 2.92. The summed E-state index contributed by atoms with van der Waals surface area (Å²) in [6.07, 6.45) is 2.70. The molecular weight excluding hydrogens is 252 g/mol. The number of benzene rings is 1. The molecule has 1 aromatic carbocycles. The SMILES string of the molecule is CN(C)c1cccc(NC(c2cccs2)C2CC2)c1. The zero-order chi connectivity index (χ0) is 13.2. The summed E-state index contributed by atoms with van der Waals surface area (Å²) in [4.78, 5) is 3.60. The van der Waals surface area contributed by atoms with Crippen molar-refractivity contribution in [2.24, 2.45) is 5.92 Å². The lowest BCUT2D eigenvalue weighted by Crippen LogP contribution is -2.13. The molecule has 0 saturated heterocycles. The maximum absolute atomic E-state index is 3.72. The first-order valence-electron chi connectivity index (χ1n) is 6.81. The quantitative estimate of drug-likeness (QED) is 0.869. The molecule has 1 atom stereocenters. The second-order valence-corrected chi connectivity index (χ2v) is 6.40. The molecule has 1 N–H and O–H groups in total. The second-order valence-electron chi connectivity index (χ2n) is 5.42. The molecule has 1 fully saturated rings. The van der Waals surface area contributed by atoms with Crippen molar-refractivity contribution in [2.45, 2.75) is 18.9 Å². The number of nitrogens with zero attached hydrogens (tertiary/aromatic N) is 1. The zero-order valence-electron chi connectivity index (χ0n) is 11.5. The average Bonchev–Trinajstić information content (AvgIpc) is 3.11. The van der Waals surface area contributed by atoms with Gasteiger partial charge in [-0.15, -0.1) is 11.3 Å². The van der Waals surface area contributed by atoms with Crippen LogP contribution in [0.2, 0.25) is 0 Å². The highest BCUT2D eigenvalue weighted by Gasteiger charge is 2.32.